The molecule has 4 heteroatoms. The standard InChI is InChI=1S/C17H20ClFN2/c1-3-12-5-7-14(21-11-12)10-17(20-4-2)15-8-6-13(18)9-16(15)19/h5-9,11,17,20H,3-4,10H2,1-2H3. The smallest absolute Gasteiger partial charge is 0.129 e. The molecule has 1 N–H and O–H groups in total. The van der Waals surface area contributed by atoms with Crippen LogP contribution in [-0.4, -0.2) is 11.5 Å². The second-order valence-corrected chi connectivity index (χ2v) is 5.43. The maximum absolute atomic E-state index is 14.1. The summed E-state index contributed by atoms with van der Waals surface area (Å²) in [6.07, 6.45) is 3.50. The van der Waals surface area contributed by atoms with Crippen molar-refractivity contribution < 1.29 is 4.39 Å². The Morgan fingerprint density at radius 3 is 2.62 bits per heavy atom. The molecular weight excluding hydrogens is 287 g/mol. The van der Waals surface area contributed by atoms with E-state index in [2.05, 4.69) is 23.3 Å². The number of aryl methyl sites for hydroxylation is 1. The molecule has 0 aliphatic carbocycles. The highest BCUT2D eigenvalue weighted by Gasteiger charge is 2.16. The molecule has 0 aliphatic heterocycles. The van der Waals surface area contributed by atoms with Crippen molar-refractivity contribution in [1.29, 1.82) is 0 Å². The van der Waals surface area contributed by atoms with Crippen LogP contribution < -0.4 is 5.32 Å². The molecule has 1 aromatic carbocycles. The molecule has 0 fully saturated rings. The number of aromatic nitrogens is 1. The number of hydrogen-bond acceptors (Lipinski definition) is 2. The van der Waals surface area contributed by atoms with Crippen molar-refractivity contribution in [3.63, 3.8) is 0 Å². The van der Waals surface area contributed by atoms with Crippen molar-refractivity contribution in [2.45, 2.75) is 32.7 Å². The quantitative estimate of drug-likeness (QED) is 0.859. The van der Waals surface area contributed by atoms with Crippen molar-refractivity contribution in [3.05, 3.63) is 64.2 Å². The predicted molar refractivity (Wildman–Crippen MR) is 85.1 cm³/mol. The lowest BCUT2D eigenvalue weighted by atomic mass is 10.0. The lowest BCUT2D eigenvalue weighted by Crippen LogP contribution is -2.24. The Balaban J connectivity index is 2.21. The molecule has 0 saturated carbocycles. The second kappa shape index (κ2) is 7.53. The minimum Gasteiger partial charge on any atom is -0.310 e. The summed E-state index contributed by atoms with van der Waals surface area (Å²) in [6.45, 7) is 4.87. The number of benzene rings is 1. The highest BCUT2D eigenvalue weighted by Crippen LogP contribution is 2.23. The monoisotopic (exact) mass is 306 g/mol. The van der Waals surface area contributed by atoms with Gasteiger partial charge in [0.05, 0.1) is 0 Å². The number of halogens is 2. The lowest BCUT2D eigenvalue weighted by Gasteiger charge is -2.19. The molecule has 0 radical (unpaired) electrons. The third-order valence-corrected chi connectivity index (χ3v) is 3.73. The maximum Gasteiger partial charge on any atom is 0.129 e. The summed E-state index contributed by atoms with van der Waals surface area (Å²) >= 11 is 5.82. The number of rotatable bonds is 6. The van der Waals surface area contributed by atoms with Crippen LogP contribution in [0.1, 0.15) is 36.7 Å². The van der Waals surface area contributed by atoms with Crippen LogP contribution >= 0.6 is 11.6 Å². The fourth-order valence-electron chi connectivity index (χ4n) is 2.32. The average molecular weight is 307 g/mol. The first-order valence-electron chi connectivity index (χ1n) is 7.26. The highest BCUT2D eigenvalue weighted by molar-refractivity contribution is 6.30. The summed E-state index contributed by atoms with van der Waals surface area (Å²) < 4.78 is 14.1. The van der Waals surface area contributed by atoms with Crippen molar-refractivity contribution in [1.82, 2.24) is 10.3 Å². The number of hydrogen-bond donors (Lipinski definition) is 1. The normalized spacial score (nSPS) is 12.4. The van der Waals surface area contributed by atoms with E-state index in [4.69, 9.17) is 11.6 Å². The summed E-state index contributed by atoms with van der Waals surface area (Å²) in [5, 5.41) is 3.73. The summed E-state index contributed by atoms with van der Waals surface area (Å²) in [5.41, 5.74) is 2.78. The molecule has 0 bridgehead atoms. The van der Waals surface area contributed by atoms with Gasteiger partial charge in [-0.05, 0) is 36.7 Å². The molecule has 1 unspecified atom stereocenters. The molecule has 112 valence electrons. The largest absolute Gasteiger partial charge is 0.310 e. The van der Waals surface area contributed by atoms with Crippen molar-refractivity contribution in [2.75, 3.05) is 6.54 Å². The second-order valence-electron chi connectivity index (χ2n) is 4.99. The van der Waals surface area contributed by atoms with E-state index in [1.54, 1.807) is 12.1 Å². The number of nitrogens with zero attached hydrogens (tertiary/aromatic N) is 1. The van der Waals surface area contributed by atoms with Gasteiger partial charge in [-0.3, -0.25) is 4.98 Å². The number of nitrogens with one attached hydrogen (secondary N) is 1. The molecule has 2 nitrogen and oxygen atoms in total. The Morgan fingerprint density at radius 2 is 2.05 bits per heavy atom. The first kappa shape index (κ1) is 15.9. The summed E-state index contributed by atoms with van der Waals surface area (Å²) in [6, 6.07) is 8.80. The van der Waals surface area contributed by atoms with Gasteiger partial charge in [-0.25, -0.2) is 4.39 Å². The molecule has 1 heterocycles. The Bertz CT molecular complexity index is 584. The molecule has 21 heavy (non-hydrogen) atoms. The van der Waals surface area contributed by atoms with Gasteiger partial charge < -0.3 is 5.32 Å². The first-order chi connectivity index (χ1) is 10.1. The minimum absolute atomic E-state index is 0.104. The van der Waals surface area contributed by atoms with Gasteiger partial charge in [0.2, 0.25) is 0 Å². The van der Waals surface area contributed by atoms with E-state index in [0.29, 0.717) is 17.0 Å². The summed E-state index contributed by atoms with van der Waals surface area (Å²) in [4.78, 5) is 4.46. The molecule has 0 spiro atoms. The zero-order valence-electron chi connectivity index (χ0n) is 12.4. The fourth-order valence-corrected chi connectivity index (χ4v) is 2.48. The minimum atomic E-state index is -0.279. The third kappa shape index (κ3) is 4.26. The molecule has 1 aromatic heterocycles. The average Bonchev–Trinajstić information content (AvgIpc) is 2.48. The fraction of sp³-hybridized carbons (Fsp3) is 0.353. The van der Waals surface area contributed by atoms with E-state index in [0.717, 1.165) is 18.7 Å². The van der Waals surface area contributed by atoms with Gasteiger partial charge in [0, 0.05) is 34.9 Å². The first-order valence-corrected chi connectivity index (χ1v) is 7.64. The zero-order valence-corrected chi connectivity index (χ0v) is 13.1. The Morgan fingerprint density at radius 1 is 1.24 bits per heavy atom. The van der Waals surface area contributed by atoms with Gasteiger partial charge in [0.25, 0.3) is 0 Å². The van der Waals surface area contributed by atoms with E-state index in [1.165, 1.54) is 11.6 Å². The van der Waals surface area contributed by atoms with Gasteiger partial charge >= 0.3 is 0 Å². The van der Waals surface area contributed by atoms with E-state index in [1.807, 2.05) is 19.2 Å². The third-order valence-electron chi connectivity index (χ3n) is 3.50. The van der Waals surface area contributed by atoms with Gasteiger partial charge in [-0.2, -0.15) is 0 Å². The van der Waals surface area contributed by atoms with E-state index >= 15 is 0 Å². The van der Waals surface area contributed by atoms with Gasteiger partial charge in [0.1, 0.15) is 5.82 Å². The van der Waals surface area contributed by atoms with Gasteiger partial charge in [0.15, 0.2) is 0 Å². The van der Waals surface area contributed by atoms with Crippen molar-refractivity contribution in [2.24, 2.45) is 0 Å². The van der Waals surface area contributed by atoms with Crippen LogP contribution in [-0.2, 0) is 12.8 Å². The van der Waals surface area contributed by atoms with Crippen LogP contribution in [0.4, 0.5) is 4.39 Å². The van der Waals surface area contributed by atoms with Crippen molar-refractivity contribution in [3.8, 4) is 0 Å². The molecular formula is C17H20ClFN2. The van der Waals surface area contributed by atoms with Crippen LogP contribution in [0.5, 0.6) is 0 Å². The van der Waals surface area contributed by atoms with Crippen LogP contribution in [0, 0.1) is 5.82 Å². The van der Waals surface area contributed by atoms with E-state index in [-0.39, 0.29) is 11.9 Å². The van der Waals surface area contributed by atoms with Crippen LogP contribution in [0.25, 0.3) is 0 Å². The SMILES string of the molecule is CCNC(Cc1ccc(CC)cn1)c1ccc(Cl)cc1F. The van der Waals surface area contributed by atoms with Crippen LogP contribution in [0.2, 0.25) is 5.02 Å². The number of pyridine rings is 1. The van der Waals surface area contributed by atoms with E-state index in [9.17, 15) is 4.39 Å². The maximum atomic E-state index is 14.1. The van der Waals surface area contributed by atoms with E-state index < -0.39 is 0 Å². The summed E-state index contributed by atoms with van der Waals surface area (Å²) in [7, 11) is 0. The predicted octanol–water partition coefficient (Wildman–Crippen LogP) is 4.33. The topological polar surface area (TPSA) is 24.9 Å². The van der Waals surface area contributed by atoms with Gasteiger partial charge in [-0.1, -0.05) is 37.6 Å². The molecule has 1 atom stereocenters. The van der Waals surface area contributed by atoms with Crippen LogP contribution in [0.3, 0.4) is 0 Å². The van der Waals surface area contributed by atoms with Crippen molar-refractivity contribution >= 4 is 11.6 Å². The van der Waals surface area contributed by atoms with Crippen LogP contribution in [0.15, 0.2) is 36.5 Å². The number of likely N-dealkylation sites (N-methyl/N-ethyl adjacent to an activating group) is 1. The Labute approximate surface area is 130 Å². The lowest BCUT2D eigenvalue weighted by molar-refractivity contribution is 0.506. The molecule has 0 aliphatic rings. The molecule has 2 rings (SSSR count). The van der Waals surface area contributed by atoms with Gasteiger partial charge in [-0.15, -0.1) is 0 Å². The Kier molecular flexibility index (Phi) is 5.71. The molecule has 0 amide bonds. The highest BCUT2D eigenvalue weighted by atomic mass is 35.5. The Hall–Kier alpha value is -1.45. The zero-order chi connectivity index (χ0) is 15.2. The molecule has 2 aromatic rings. The summed E-state index contributed by atoms with van der Waals surface area (Å²) in [5.74, 6) is -0.279. The molecule has 0 saturated heterocycles.